The Hall–Kier alpha value is -2.90. The fourth-order valence-corrected chi connectivity index (χ4v) is 3.11. The normalized spacial score (nSPS) is 14.8. The van der Waals surface area contributed by atoms with Crippen LogP contribution in [0.1, 0.15) is 36.9 Å². The van der Waals surface area contributed by atoms with Gasteiger partial charge in [-0.05, 0) is 49.1 Å². The number of ether oxygens (including phenoxy) is 1. The Morgan fingerprint density at radius 1 is 1.18 bits per heavy atom. The van der Waals surface area contributed by atoms with E-state index in [1.165, 1.54) is 25.0 Å². The number of benzene rings is 1. The average Bonchev–Trinajstić information content (AvgIpc) is 3.21. The van der Waals surface area contributed by atoms with Crippen LogP contribution in [-0.2, 0) is 6.54 Å². The van der Waals surface area contributed by atoms with Crippen LogP contribution >= 0.6 is 0 Å². The van der Waals surface area contributed by atoms with E-state index in [2.05, 4.69) is 25.3 Å². The van der Waals surface area contributed by atoms with Crippen molar-refractivity contribution >= 4 is 11.8 Å². The molecule has 0 aliphatic carbocycles. The lowest BCUT2D eigenvalue weighted by atomic mass is 10.1. The van der Waals surface area contributed by atoms with Gasteiger partial charge in [0.25, 0.3) is 0 Å². The third-order valence-electron chi connectivity index (χ3n) is 4.65. The number of amides is 2. The van der Waals surface area contributed by atoms with E-state index in [-0.39, 0.29) is 17.8 Å². The number of alkyl halides is 2. The highest BCUT2D eigenvalue weighted by molar-refractivity contribution is 5.74. The number of urea groups is 1. The Balaban J connectivity index is 1.45. The molecule has 2 aromatic rings. The smallest absolute Gasteiger partial charge is 0.387 e. The second kappa shape index (κ2) is 9.34. The van der Waals surface area contributed by atoms with Crippen LogP contribution in [0.25, 0.3) is 0 Å². The molecule has 0 spiro atoms. The van der Waals surface area contributed by atoms with Crippen LogP contribution in [-0.4, -0.2) is 30.7 Å². The largest absolute Gasteiger partial charge is 0.435 e. The number of pyridine rings is 1. The summed E-state index contributed by atoms with van der Waals surface area (Å²) in [5.74, 6) is 1.05. The van der Waals surface area contributed by atoms with Crippen molar-refractivity contribution in [1.29, 1.82) is 0 Å². The van der Waals surface area contributed by atoms with Gasteiger partial charge in [0.2, 0.25) is 0 Å². The van der Waals surface area contributed by atoms with Crippen LogP contribution in [0, 0.1) is 0 Å². The average molecular weight is 390 g/mol. The summed E-state index contributed by atoms with van der Waals surface area (Å²) in [5, 5.41) is 5.61. The molecule has 6 nitrogen and oxygen atoms in total. The number of aromatic nitrogens is 1. The molecule has 0 saturated carbocycles. The second-order valence-electron chi connectivity index (χ2n) is 6.72. The Morgan fingerprint density at radius 3 is 2.50 bits per heavy atom. The van der Waals surface area contributed by atoms with Gasteiger partial charge in [-0.15, -0.1) is 0 Å². The Bertz CT molecular complexity index is 763. The van der Waals surface area contributed by atoms with Crippen molar-refractivity contribution in [3.63, 3.8) is 0 Å². The first-order valence-corrected chi connectivity index (χ1v) is 9.30. The predicted molar refractivity (Wildman–Crippen MR) is 103 cm³/mol. The maximum Gasteiger partial charge on any atom is 0.387 e. The third-order valence-corrected chi connectivity index (χ3v) is 4.65. The summed E-state index contributed by atoms with van der Waals surface area (Å²) in [4.78, 5) is 18.8. The molecule has 1 aromatic heterocycles. The molecule has 150 valence electrons. The van der Waals surface area contributed by atoms with E-state index in [0.717, 1.165) is 30.0 Å². The van der Waals surface area contributed by atoms with Gasteiger partial charge in [0, 0.05) is 25.8 Å². The SMILES string of the molecule is CC(NC(=O)NCc1ccc(N2CCCC2)nc1)c1ccc(OC(F)F)cc1. The summed E-state index contributed by atoms with van der Waals surface area (Å²) in [6.07, 6.45) is 4.18. The van der Waals surface area contributed by atoms with Crippen LogP contribution in [0.3, 0.4) is 0 Å². The number of nitrogens with zero attached hydrogens (tertiary/aromatic N) is 2. The van der Waals surface area contributed by atoms with Crippen molar-refractivity contribution in [2.45, 2.75) is 39.0 Å². The number of rotatable bonds is 7. The Morgan fingerprint density at radius 2 is 1.89 bits per heavy atom. The molecule has 1 unspecified atom stereocenters. The zero-order valence-corrected chi connectivity index (χ0v) is 15.7. The molecule has 8 heteroatoms. The molecule has 0 radical (unpaired) electrons. The standard InChI is InChI=1S/C20H24F2N4O2/c1-14(16-5-7-17(8-6-16)28-19(21)22)25-20(27)24-13-15-4-9-18(23-12-15)26-10-2-3-11-26/h4-9,12,14,19H,2-3,10-11,13H2,1H3,(H2,24,25,27). The second-order valence-corrected chi connectivity index (χ2v) is 6.72. The number of halogens is 2. The minimum Gasteiger partial charge on any atom is -0.435 e. The number of carbonyl (C=O) groups excluding carboxylic acids is 1. The van der Waals surface area contributed by atoms with Gasteiger partial charge >= 0.3 is 12.6 Å². The van der Waals surface area contributed by atoms with Crippen LogP contribution in [0.15, 0.2) is 42.6 Å². The molecular formula is C20H24F2N4O2. The molecule has 2 N–H and O–H groups in total. The van der Waals surface area contributed by atoms with E-state index >= 15 is 0 Å². The zero-order chi connectivity index (χ0) is 19.9. The first-order chi connectivity index (χ1) is 13.5. The maximum atomic E-state index is 12.2. The molecule has 1 aliphatic rings. The molecule has 1 aromatic carbocycles. The number of nitrogens with one attached hydrogen (secondary N) is 2. The quantitative estimate of drug-likeness (QED) is 0.754. The van der Waals surface area contributed by atoms with Gasteiger partial charge in [0.1, 0.15) is 11.6 Å². The van der Waals surface area contributed by atoms with E-state index in [1.54, 1.807) is 18.3 Å². The van der Waals surface area contributed by atoms with Gasteiger partial charge in [0.15, 0.2) is 0 Å². The highest BCUT2D eigenvalue weighted by atomic mass is 19.3. The molecule has 1 fully saturated rings. The molecule has 1 atom stereocenters. The van der Waals surface area contributed by atoms with Gasteiger partial charge < -0.3 is 20.3 Å². The lowest BCUT2D eigenvalue weighted by molar-refractivity contribution is -0.0498. The van der Waals surface area contributed by atoms with Crippen LogP contribution in [0.4, 0.5) is 19.4 Å². The van der Waals surface area contributed by atoms with E-state index in [4.69, 9.17) is 0 Å². The number of hydrogen-bond donors (Lipinski definition) is 2. The predicted octanol–water partition coefficient (Wildman–Crippen LogP) is 3.84. The molecule has 0 bridgehead atoms. The van der Waals surface area contributed by atoms with E-state index in [9.17, 15) is 13.6 Å². The van der Waals surface area contributed by atoms with Crippen LogP contribution < -0.4 is 20.3 Å². The number of carbonyl (C=O) groups is 1. The van der Waals surface area contributed by atoms with Crippen molar-refractivity contribution < 1.29 is 18.3 Å². The molecule has 28 heavy (non-hydrogen) atoms. The highest BCUT2D eigenvalue weighted by Crippen LogP contribution is 2.19. The molecular weight excluding hydrogens is 366 g/mol. The minimum atomic E-state index is -2.86. The van der Waals surface area contributed by atoms with E-state index < -0.39 is 6.61 Å². The summed E-state index contributed by atoms with van der Waals surface area (Å²) >= 11 is 0. The Labute approximate surface area is 162 Å². The molecule has 2 heterocycles. The number of hydrogen-bond acceptors (Lipinski definition) is 4. The lowest BCUT2D eigenvalue weighted by Gasteiger charge is -2.17. The van der Waals surface area contributed by atoms with Gasteiger partial charge in [-0.3, -0.25) is 0 Å². The van der Waals surface area contributed by atoms with Crippen molar-refractivity contribution in [2.75, 3.05) is 18.0 Å². The molecule has 2 amide bonds. The molecule has 1 saturated heterocycles. The minimum absolute atomic E-state index is 0.0836. The van der Waals surface area contributed by atoms with Gasteiger partial charge in [-0.25, -0.2) is 9.78 Å². The van der Waals surface area contributed by atoms with Gasteiger partial charge in [0.05, 0.1) is 6.04 Å². The topological polar surface area (TPSA) is 66.5 Å². The van der Waals surface area contributed by atoms with Crippen molar-refractivity contribution in [3.05, 3.63) is 53.7 Å². The first kappa shape index (κ1) is 19.9. The lowest BCUT2D eigenvalue weighted by Crippen LogP contribution is -2.36. The molecule has 3 rings (SSSR count). The van der Waals surface area contributed by atoms with Crippen LogP contribution in [0.2, 0.25) is 0 Å². The number of anilines is 1. The fraction of sp³-hybridized carbons (Fsp3) is 0.400. The van der Waals surface area contributed by atoms with E-state index in [1.807, 2.05) is 19.1 Å². The zero-order valence-electron chi connectivity index (χ0n) is 15.7. The van der Waals surface area contributed by atoms with Crippen LogP contribution in [0.5, 0.6) is 5.75 Å². The third kappa shape index (κ3) is 5.55. The van der Waals surface area contributed by atoms with Crippen molar-refractivity contribution in [1.82, 2.24) is 15.6 Å². The fourth-order valence-electron chi connectivity index (χ4n) is 3.11. The summed E-state index contributed by atoms with van der Waals surface area (Å²) in [6.45, 7) is 1.41. The summed E-state index contributed by atoms with van der Waals surface area (Å²) in [6, 6.07) is 9.53. The highest BCUT2D eigenvalue weighted by Gasteiger charge is 2.13. The maximum absolute atomic E-state index is 12.2. The first-order valence-electron chi connectivity index (χ1n) is 9.30. The van der Waals surface area contributed by atoms with E-state index in [0.29, 0.717) is 6.54 Å². The molecule has 1 aliphatic heterocycles. The van der Waals surface area contributed by atoms with Gasteiger partial charge in [-0.2, -0.15) is 8.78 Å². The summed E-state index contributed by atoms with van der Waals surface area (Å²) in [7, 11) is 0. The summed E-state index contributed by atoms with van der Waals surface area (Å²) in [5.41, 5.74) is 1.70. The Kier molecular flexibility index (Phi) is 6.62. The summed E-state index contributed by atoms with van der Waals surface area (Å²) < 4.78 is 28.7. The monoisotopic (exact) mass is 390 g/mol. The van der Waals surface area contributed by atoms with Gasteiger partial charge in [-0.1, -0.05) is 18.2 Å². The van der Waals surface area contributed by atoms with Crippen molar-refractivity contribution in [3.8, 4) is 5.75 Å². The van der Waals surface area contributed by atoms with Crippen molar-refractivity contribution in [2.24, 2.45) is 0 Å².